The number of hydrogen-bond acceptors (Lipinski definition) is 3. The Hall–Kier alpha value is -2.24. The van der Waals surface area contributed by atoms with Crippen LogP contribution in [0.15, 0.2) is 18.2 Å². The highest BCUT2D eigenvalue weighted by atomic mass is 16.3. The number of hydrogen-bond donors (Lipinski definition) is 3. The second-order valence-corrected chi connectivity index (χ2v) is 5.64. The molecule has 1 aliphatic heterocycles. The van der Waals surface area contributed by atoms with E-state index in [1.807, 2.05) is 13.8 Å². The fourth-order valence-electron chi connectivity index (χ4n) is 2.46. The van der Waals surface area contributed by atoms with Gasteiger partial charge in [0.25, 0.3) is 0 Å². The highest BCUT2D eigenvalue weighted by Crippen LogP contribution is 2.20. The van der Waals surface area contributed by atoms with E-state index in [-0.39, 0.29) is 29.8 Å². The third kappa shape index (κ3) is 3.65. The topological polar surface area (TPSA) is 81.7 Å². The first-order chi connectivity index (χ1) is 9.86. The lowest BCUT2D eigenvalue weighted by Crippen LogP contribution is -2.40. The van der Waals surface area contributed by atoms with E-state index in [9.17, 15) is 14.7 Å². The number of phenolic OH excluding ortho intramolecular Hbond substituents is 1. The molecule has 1 aromatic rings. The van der Waals surface area contributed by atoms with Crippen molar-refractivity contribution in [3.8, 4) is 5.75 Å². The van der Waals surface area contributed by atoms with Crippen molar-refractivity contribution < 1.29 is 14.7 Å². The average Bonchev–Trinajstić information content (AvgIpc) is 2.74. The van der Waals surface area contributed by atoms with Crippen LogP contribution in [0.1, 0.15) is 25.8 Å². The molecule has 1 atom stereocenters. The lowest BCUT2D eigenvalue weighted by atomic mass is 10.2. The highest BCUT2D eigenvalue weighted by Gasteiger charge is 2.31. The number of benzene rings is 1. The molecular formula is C15H21N3O3. The molecule has 3 amide bonds. The summed E-state index contributed by atoms with van der Waals surface area (Å²) in [5.74, 6) is 0.225. The van der Waals surface area contributed by atoms with Gasteiger partial charge in [-0.15, -0.1) is 0 Å². The van der Waals surface area contributed by atoms with Gasteiger partial charge in [0.05, 0.1) is 6.04 Å². The Morgan fingerprint density at radius 3 is 2.71 bits per heavy atom. The van der Waals surface area contributed by atoms with Crippen LogP contribution in [0.3, 0.4) is 0 Å². The first kappa shape index (κ1) is 15.2. The monoisotopic (exact) mass is 291 g/mol. The summed E-state index contributed by atoms with van der Waals surface area (Å²) in [5, 5.41) is 14.9. The van der Waals surface area contributed by atoms with E-state index in [1.165, 1.54) is 6.07 Å². The van der Waals surface area contributed by atoms with Gasteiger partial charge in [-0.1, -0.05) is 0 Å². The molecule has 1 aliphatic rings. The summed E-state index contributed by atoms with van der Waals surface area (Å²) in [5.41, 5.74) is 1.41. The Bertz CT molecular complexity index is 557. The number of phenols is 1. The summed E-state index contributed by atoms with van der Waals surface area (Å²) in [6.07, 6.45) is 0.333. The number of carbonyl (C=O) groups excluding carboxylic acids is 2. The van der Waals surface area contributed by atoms with Crippen molar-refractivity contribution in [1.29, 1.82) is 0 Å². The smallest absolute Gasteiger partial charge is 0.319 e. The summed E-state index contributed by atoms with van der Waals surface area (Å²) >= 11 is 0. The van der Waals surface area contributed by atoms with Crippen LogP contribution < -0.4 is 10.6 Å². The van der Waals surface area contributed by atoms with Crippen molar-refractivity contribution in [3.63, 3.8) is 0 Å². The SMILES string of the molecule is Cc1cc(O)ccc1NC(=O)NC1CC(=O)N(C(C)C)C1. The highest BCUT2D eigenvalue weighted by molar-refractivity contribution is 5.91. The predicted molar refractivity (Wildman–Crippen MR) is 80.3 cm³/mol. The molecule has 6 heteroatoms. The Labute approximate surface area is 124 Å². The lowest BCUT2D eigenvalue weighted by Gasteiger charge is -2.21. The van der Waals surface area contributed by atoms with Crippen molar-refractivity contribution in [3.05, 3.63) is 23.8 Å². The van der Waals surface area contributed by atoms with Gasteiger partial charge in [-0.2, -0.15) is 0 Å². The van der Waals surface area contributed by atoms with E-state index in [2.05, 4.69) is 10.6 Å². The molecule has 0 aromatic heterocycles. The summed E-state index contributed by atoms with van der Waals surface area (Å²) in [6.45, 7) is 6.26. The van der Waals surface area contributed by atoms with E-state index in [0.717, 1.165) is 5.56 Å². The number of nitrogens with one attached hydrogen (secondary N) is 2. The second kappa shape index (κ2) is 6.03. The fourth-order valence-corrected chi connectivity index (χ4v) is 2.46. The maximum atomic E-state index is 12.0. The van der Waals surface area contributed by atoms with E-state index in [0.29, 0.717) is 18.7 Å². The van der Waals surface area contributed by atoms with Gasteiger partial charge < -0.3 is 20.6 Å². The van der Waals surface area contributed by atoms with Crippen LogP contribution in [0.4, 0.5) is 10.5 Å². The molecule has 1 aromatic carbocycles. The summed E-state index contributed by atoms with van der Waals surface area (Å²) < 4.78 is 0. The average molecular weight is 291 g/mol. The van der Waals surface area contributed by atoms with Crippen LogP contribution in [0.25, 0.3) is 0 Å². The molecule has 1 saturated heterocycles. The predicted octanol–water partition coefficient (Wildman–Crippen LogP) is 1.83. The van der Waals surface area contributed by atoms with Gasteiger partial charge in [-0.3, -0.25) is 4.79 Å². The number of likely N-dealkylation sites (tertiary alicyclic amines) is 1. The molecule has 3 N–H and O–H groups in total. The summed E-state index contributed by atoms with van der Waals surface area (Å²) in [4.78, 5) is 25.5. The molecule has 6 nitrogen and oxygen atoms in total. The number of carbonyl (C=O) groups is 2. The van der Waals surface area contributed by atoms with Gasteiger partial charge in [0, 0.05) is 24.7 Å². The quantitative estimate of drug-likeness (QED) is 0.743. The van der Waals surface area contributed by atoms with E-state index in [4.69, 9.17) is 0 Å². The number of urea groups is 1. The van der Waals surface area contributed by atoms with Crippen molar-refractivity contribution >= 4 is 17.6 Å². The molecule has 1 heterocycles. The zero-order valence-electron chi connectivity index (χ0n) is 12.5. The number of amides is 3. The molecule has 1 fully saturated rings. The first-order valence-electron chi connectivity index (χ1n) is 7.03. The van der Waals surface area contributed by atoms with E-state index < -0.39 is 0 Å². The van der Waals surface area contributed by atoms with Crippen molar-refractivity contribution in [2.45, 2.75) is 39.3 Å². The third-order valence-electron chi connectivity index (χ3n) is 3.58. The van der Waals surface area contributed by atoms with Gasteiger partial charge in [-0.05, 0) is 44.5 Å². The minimum absolute atomic E-state index is 0.0658. The third-order valence-corrected chi connectivity index (χ3v) is 3.58. The molecule has 2 rings (SSSR count). The van der Waals surface area contributed by atoms with Crippen LogP contribution in [-0.4, -0.2) is 40.6 Å². The van der Waals surface area contributed by atoms with Gasteiger partial charge in [-0.25, -0.2) is 4.79 Å². The molecule has 0 aliphatic carbocycles. The van der Waals surface area contributed by atoms with Crippen molar-refractivity contribution in [1.82, 2.24) is 10.2 Å². The largest absolute Gasteiger partial charge is 0.508 e. The molecule has 0 radical (unpaired) electrons. The molecule has 0 bridgehead atoms. The van der Waals surface area contributed by atoms with E-state index in [1.54, 1.807) is 24.0 Å². The molecule has 21 heavy (non-hydrogen) atoms. The van der Waals surface area contributed by atoms with Crippen LogP contribution >= 0.6 is 0 Å². The standard InChI is InChI=1S/C15H21N3O3/c1-9(2)18-8-11(7-14(18)20)16-15(21)17-13-5-4-12(19)6-10(13)3/h4-6,9,11,19H,7-8H2,1-3H3,(H2,16,17,21). The maximum Gasteiger partial charge on any atom is 0.319 e. The Balaban J connectivity index is 1.92. The number of rotatable bonds is 3. The minimum atomic E-state index is -0.341. The molecule has 114 valence electrons. The number of nitrogens with zero attached hydrogens (tertiary/aromatic N) is 1. The molecule has 0 saturated carbocycles. The number of anilines is 1. The van der Waals surface area contributed by atoms with Crippen LogP contribution in [0.5, 0.6) is 5.75 Å². The van der Waals surface area contributed by atoms with Crippen LogP contribution in [0.2, 0.25) is 0 Å². The first-order valence-corrected chi connectivity index (χ1v) is 7.03. The number of aromatic hydroxyl groups is 1. The zero-order valence-corrected chi connectivity index (χ0v) is 12.5. The summed E-state index contributed by atoms with van der Waals surface area (Å²) in [7, 11) is 0. The molecule has 1 unspecified atom stereocenters. The van der Waals surface area contributed by atoms with Crippen molar-refractivity contribution in [2.75, 3.05) is 11.9 Å². The van der Waals surface area contributed by atoms with Gasteiger partial charge in [0.2, 0.25) is 5.91 Å². The van der Waals surface area contributed by atoms with E-state index >= 15 is 0 Å². The zero-order chi connectivity index (χ0) is 15.6. The summed E-state index contributed by atoms with van der Waals surface area (Å²) in [6, 6.07) is 4.37. The Morgan fingerprint density at radius 2 is 2.14 bits per heavy atom. The van der Waals surface area contributed by atoms with Crippen LogP contribution in [-0.2, 0) is 4.79 Å². The fraction of sp³-hybridized carbons (Fsp3) is 0.467. The normalized spacial score (nSPS) is 18.2. The minimum Gasteiger partial charge on any atom is -0.508 e. The molecule has 0 spiro atoms. The van der Waals surface area contributed by atoms with Gasteiger partial charge in [0.1, 0.15) is 5.75 Å². The Morgan fingerprint density at radius 1 is 1.43 bits per heavy atom. The molecular weight excluding hydrogens is 270 g/mol. The second-order valence-electron chi connectivity index (χ2n) is 5.64. The van der Waals surface area contributed by atoms with Gasteiger partial charge in [0.15, 0.2) is 0 Å². The van der Waals surface area contributed by atoms with Gasteiger partial charge >= 0.3 is 6.03 Å². The maximum absolute atomic E-state index is 12.0. The lowest BCUT2D eigenvalue weighted by molar-refractivity contribution is -0.129. The Kier molecular flexibility index (Phi) is 4.35. The number of aryl methyl sites for hydroxylation is 1. The van der Waals surface area contributed by atoms with Crippen molar-refractivity contribution in [2.24, 2.45) is 0 Å². The van der Waals surface area contributed by atoms with Crippen LogP contribution in [0, 0.1) is 6.92 Å².